The summed E-state index contributed by atoms with van der Waals surface area (Å²) in [6, 6.07) is 7.88. The molecule has 0 radical (unpaired) electrons. The van der Waals surface area contributed by atoms with Gasteiger partial charge in [0.25, 0.3) is 0 Å². The van der Waals surface area contributed by atoms with Crippen molar-refractivity contribution in [3.63, 3.8) is 0 Å². The van der Waals surface area contributed by atoms with Crippen LogP contribution in [0.2, 0.25) is 0 Å². The molecule has 0 aliphatic rings. The van der Waals surface area contributed by atoms with Crippen molar-refractivity contribution in [3.05, 3.63) is 34.3 Å². The Hall–Kier alpha value is -0.670. The lowest BCUT2D eigenvalue weighted by atomic mass is 9.91. The zero-order chi connectivity index (χ0) is 13.5. The second kappa shape index (κ2) is 7.70. The lowest BCUT2D eigenvalue weighted by Crippen LogP contribution is -2.20. The van der Waals surface area contributed by atoms with Crippen LogP contribution in [0.25, 0.3) is 0 Å². The number of rotatable bonds is 7. The van der Waals surface area contributed by atoms with E-state index in [2.05, 4.69) is 29.8 Å². The molecule has 1 rings (SSSR count). The number of hydrogen-bond donors (Lipinski definition) is 1. The van der Waals surface area contributed by atoms with Gasteiger partial charge in [-0.3, -0.25) is 4.79 Å². The standard InChI is InChI=1S/C15H22BrNO/c1-11(2)7-12(10-17)8-14(18)9-13-5-3-4-6-15(13)16/h3-6,11-12H,7-10,17H2,1-2H3. The number of halogens is 1. The number of nitrogens with two attached hydrogens (primary N) is 1. The van der Waals surface area contributed by atoms with Crippen LogP contribution < -0.4 is 5.73 Å². The van der Waals surface area contributed by atoms with E-state index >= 15 is 0 Å². The Morgan fingerprint density at radius 3 is 2.56 bits per heavy atom. The van der Waals surface area contributed by atoms with Crippen molar-refractivity contribution < 1.29 is 4.79 Å². The molecular formula is C15H22BrNO. The average Bonchev–Trinajstić information content (AvgIpc) is 2.30. The summed E-state index contributed by atoms with van der Waals surface area (Å²) in [5, 5.41) is 0. The van der Waals surface area contributed by atoms with E-state index in [1.54, 1.807) is 0 Å². The third kappa shape index (κ3) is 5.32. The maximum atomic E-state index is 12.0. The summed E-state index contributed by atoms with van der Waals surface area (Å²) in [5.74, 6) is 1.19. The minimum Gasteiger partial charge on any atom is -0.330 e. The predicted molar refractivity (Wildman–Crippen MR) is 79.5 cm³/mol. The van der Waals surface area contributed by atoms with Crippen molar-refractivity contribution in [2.75, 3.05) is 6.54 Å². The lowest BCUT2D eigenvalue weighted by Gasteiger charge is -2.16. The van der Waals surface area contributed by atoms with Gasteiger partial charge in [-0.05, 0) is 36.4 Å². The Morgan fingerprint density at radius 1 is 1.33 bits per heavy atom. The fourth-order valence-corrected chi connectivity index (χ4v) is 2.60. The minimum absolute atomic E-state index is 0.276. The Balaban J connectivity index is 2.53. The smallest absolute Gasteiger partial charge is 0.137 e. The summed E-state index contributed by atoms with van der Waals surface area (Å²) in [5.41, 5.74) is 6.79. The molecule has 1 aromatic carbocycles. The van der Waals surface area contributed by atoms with Gasteiger partial charge in [-0.2, -0.15) is 0 Å². The van der Waals surface area contributed by atoms with Gasteiger partial charge >= 0.3 is 0 Å². The first kappa shape index (κ1) is 15.4. The van der Waals surface area contributed by atoms with Crippen LogP contribution in [-0.2, 0) is 11.2 Å². The summed E-state index contributed by atoms with van der Waals surface area (Å²) < 4.78 is 1.01. The molecule has 1 aromatic rings. The molecule has 1 atom stereocenters. The highest BCUT2D eigenvalue weighted by Gasteiger charge is 2.15. The Morgan fingerprint density at radius 2 is 2.00 bits per heavy atom. The maximum absolute atomic E-state index is 12.0. The van der Waals surface area contributed by atoms with E-state index in [0.29, 0.717) is 31.2 Å². The number of carbonyl (C=O) groups excluding carboxylic acids is 1. The molecule has 0 fully saturated rings. The number of hydrogen-bond acceptors (Lipinski definition) is 2. The van der Waals surface area contributed by atoms with Gasteiger partial charge in [0.15, 0.2) is 0 Å². The van der Waals surface area contributed by atoms with Crippen LogP contribution in [0.3, 0.4) is 0 Å². The zero-order valence-electron chi connectivity index (χ0n) is 11.2. The number of ketones is 1. The topological polar surface area (TPSA) is 43.1 Å². The molecule has 0 amide bonds. The van der Waals surface area contributed by atoms with Gasteiger partial charge in [-0.1, -0.05) is 48.0 Å². The van der Waals surface area contributed by atoms with Crippen molar-refractivity contribution in [1.29, 1.82) is 0 Å². The summed E-state index contributed by atoms with van der Waals surface area (Å²) in [6.45, 7) is 4.93. The van der Waals surface area contributed by atoms with E-state index in [1.165, 1.54) is 0 Å². The zero-order valence-corrected chi connectivity index (χ0v) is 12.7. The summed E-state index contributed by atoms with van der Waals surface area (Å²) in [6.07, 6.45) is 2.12. The Labute approximate surface area is 118 Å². The van der Waals surface area contributed by atoms with E-state index < -0.39 is 0 Å². The first-order chi connectivity index (χ1) is 8.52. The largest absolute Gasteiger partial charge is 0.330 e. The number of carbonyl (C=O) groups is 1. The van der Waals surface area contributed by atoms with E-state index in [4.69, 9.17) is 5.73 Å². The van der Waals surface area contributed by atoms with Gasteiger partial charge in [0.05, 0.1) is 0 Å². The fraction of sp³-hybridized carbons (Fsp3) is 0.533. The third-order valence-electron chi connectivity index (χ3n) is 3.00. The first-order valence-electron chi connectivity index (χ1n) is 6.48. The summed E-state index contributed by atoms with van der Waals surface area (Å²) in [4.78, 5) is 12.0. The molecular weight excluding hydrogens is 290 g/mol. The van der Waals surface area contributed by atoms with Crippen LogP contribution in [0, 0.1) is 11.8 Å². The van der Waals surface area contributed by atoms with Crippen LogP contribution in [0.5, 0.6) is 0 Å². The molecule has 0 aliphatic carbocycles. The van der Waals surface area contributed by atoms with Crippen molar-refractivity contribution in [1.82, 2.24) is 0 Å². The molecule has 0 heterocycles. The van der Waals surface area contributed by atoms with Crippen LogP contribution in [0.4, 0.5) is 0 Å². The maximum Gasteiger partial charge on any atom is 0.137 e. The highest BCUT2D eigenvalue weighted by atomic mass is 79.9. The molecule has 18 heavy (non-hydrogen) atoms. The number of benzene rings is 1. The molecule has 0 bridgehead atoms. The highest BCUT2D eigenvalue weighted by Crippen LogP contribution is 2.19. The second-order valence-corrected chi connectivity index (χ2v) is 6.10. The van der Waals surface area contributed by atoms with Gasteiger partial charge in [0.1, 0.15) is 5.78 Å². The van der Waals surface area contributed by atoms with E-state index in [0.717, 1.165) is 16.5 Å². The van der Waals surface area contributed by atoms with Crippen LogP contribution >= 0.6 is 15.9 Å². The molecule has 0 spiro atoms. The Kier molecular flexibility index (Phi) is 6.58. The normalized spacial score (nSPS) is 12.7. The van der Waals surface area contributed by atoms with Gasteiger partial charge < -0.3 is 5.73 Å². The summed E-state index contributed by atoms with van der Waals surface area (Å²) in [7, 11) is 0. The first-order valence-corrected chi connectivity index (χ1v) is 7.27. The molecule has 100 valence electrons. The molecule has 1 unspecified atom stereocenters. The van der Waals surface area contributed by atoms with Crippen LogP contribution in [-0.4, -0.2) is 12.3 Å². The summed E-state index contributed by atoms with van der Waals surface area (Å²) >= 11 is 3.47. The van der Waals surface area contributed by atoms with Gasteiger partial charge in [-0.15, -0.1) is 0 Å². The Bertz CT molecular complexity index is 390. The second-order valence-electron chi connectivity index (χ2n) is 5.24. The number of Topliss-reactive ketones (excluding diaryl/α,β-unsaturated/α-hetero) is 1. The van der Waals surface area contributed by atoms with Gasteiger partial charge in [0.2, 0.25) is 0 Å². The van der Waals surface area contributed by atoms with E-state index in [1.807, 2.05) is 24.3 Å². The fourth-order valence-electron chi connectivity index (χ4n) is 2.18. The van der Waals surface area contributed by atoms with Crippen molar-refractivity contribution >= 4 is 21.7 Å². The molecule has 0 saturated carbocycles. The monoisotopic (exact) mass is 311 g/mol. The van der Waals surface area contributed by atoms with Crippen molar-refractivity contribution in [2.45, 2.75) is 33.1 Å². The quantitative estimate of drug-likeness (QED) is 0.836. The van der Waals surface area contributed by atoms with Gasteiger partial charge in [0, 0.05) is 17.3 Å². The van der Waals surface area contributed by atoms with Crippen LogP contribution in [0.15, 0.2) is 28.7 Å². The van der Waals surface area contributed by atoms with Gasteiger partial charge in [-0.25, -0.2) is 0 Å². The third-order valence-corrected chi connectivity index (χ3v) is 3.77. The molecule has 0 aromatic heterocycles. The highest BCUT2D eigenvalue weighted by molar-refractivity contribution is 9.10. The van der Waals surface area contributed by atoms with Crippen molar-refractivity contribution in [2.24, 2.45) is 17.6 Å². The molecule has 2 nitrogen and oxygen atoms in total. The van der Waals surface area contributed by atoms with E-state index in [-0.39, 0.29) is 5.78 Å². The molecule has 0 saturated heterocycles. The van der Waals surface area contributed by atoms with Crippen LogP contribution in [0.1, 0.15) is 32.3 Å². The average molecular weight is 312 g/mol. The van der Waals surface area contributed by atoms with Crippen molar-refractivity contribution in [3.8, 4) is 0 Å². The SMILES string of the molecule is CC(C)CC(CN)CC(=O)Cc1ccccc1Br. The molecule has 3 heteroatoms. The molecule has 0 aliphatic heterocycles. The minimum atomic E-state index is 0.276. The lowest BCUT2D eigenvalue weighted by molar-refractivity contribution is -0.119. The molecule has 2 N–H and O–H groups in total. The predicted octanol–water partition coefficient (Wildman–Crippen LogP) is 3.57. The van der Waals surface area contributed by atoms with E-state index in [9.17, 15) is 4.79 Å².